The fraction of sp³-hybridized carbons (Fsp3) is 0.533. The Kier molecular flexibility index (Phi) is 8.40. The number of likely N-dealkylation sites (N-methyl/N-ethyl adjacent to an activating group) is 1. The summed E-state index contributed by atoms with van der Waals surface area (Å²) in [5.74, 6) is 1.58. The molecule has 5 rings (SSSR count). The summed E-state index contributed by atoms with van der Waals surface area (Å²) in [5.41, 5.74) is 4.30. The normalized spacial score (nSPS) is 21.1. The number of anilines is 2. The monoisotopic (exact) mass is 545 g/mol. The van der Waals surface area contributed by atoms with Crippen LogP contribution in [-0.2, 0) is 17.8 Å². The summed E-state index contributed by atoms with van der Waals surface area (Å²) in [5, 5.41) is 9.48. The number of methoxy groups -OCH3 is 1. The number of nitrogens with zero attached hydrogens (tertiary/aromatic N) is 7. The van der Waals surface area contributed by atoms with Crippen molar-refractivity contribution in [2.75, 3.05) is 63.3 Å². The van der Waals surface area contributed by atoms with E-state index in [-0.39, 0.29) is 18.4 Å². The number of carbonyl (C=O) groups is 1. The van der Waals surface area contributed by atoms with Crippen molar-refractivity contribution in [2.45, 2.75) is 51.2 Å². The summed E-state index contributed by atoms with van der Waals surface area (Å²) >= 11 is 0. The fourth-order valence-corrected chi connectivity index (χ4v) is 6.18. The smallest absolute Gasteiger partial charge is 0.318 e. The summed E-state index contributed by atoms with van der Waals surface area (Å²) in [6, 6.07) is 8.90. The molecule has 10 nitrogen and oxygen atoms in total. The molecule has 1 aromatic carbocycles. The molecule has 10 heteroatoms. The third kappa shape index (κ3) is 5.56. The molecule has 2 aromatic rings. The first-order chi connectivity index (χ1) is 19.4. The highest BCUT2D eigenvalue weighted by atomic mass is 16.5. The van der Waals surface area contributed by atoms with Crippen LogP contribution in [0.5, 0.6) is 11.8 Å². The van der Waals surface area contributed by atoms with Gasteiger partial charge in [0, 0.05) is 49.0 Å². The first-order valence-corrected chi connectivity index (χ1v) is 14.1. The zero-order valence-electron chi connectivity index (χ0n) is 23.8. The van der Waals surface area contributed by atoms with Crippen LogP contribution in [0.3, 0.4) is 0 Å². The maximum absolute atomic E-state index is 12.5. The maximum atomic E-state index is 12.5. The van der Waals surface area contributed by atoms with Gasteiger partial charge in [-0.3, -0.25) is 4.79 Å². The molecule has 0 N–H and O–H groups in total. The van der Waals surface area contributed by atoms with E-state index in [1.54, 1.807) is 12.0 Å². The summed E-state index contributed by atoms with van der Waals surface area (Å²) in [6.45, 7) is 10.5. The molecule has 2 saturated heterocycles. The zero-order chi connectivity index (χ0) is 28.2. The van der Waals surface area contributed by atoms with E-state index in [1.165, 1.54) is 12.5 Å². The van der Waals surface area contributed by atoms with Gasteiger partial charge in [0.05, 0.1) is 37.9 Å². The van der Waals surface area contributed by atoms with Crippen LogP contribution in [0.15, 0.2) is 30.9 Å². The molecule has 0 saturated carbocycles. The van der Waals surface area contributed by atoms with Gasteiger partial charge in [-0.15, -0.1) is 0 Å². The van der Waals surface area contributed by atoms with Crippen molar-refractivity contribution in [1.82, 2.24) is 19.8 Å². The Morgan fingerprint density at radius 2 is 2.05 bits per heavy atom. The van der Waals surface area contributed by atoms with Gasteiger partial charge >= 0.3 is 6.01 Å². The van der Waals surface area contributed by atoms with Crippen LogP contribution in [0.1, 0.15) is 36.1 Å². The van der Waals surface area contributed by atoms with Crippen LogP contribution in [0.2, 0.25) is 0 Å². The highest BCUT2D eigenvalue weighted by molar-refractivity contribution is 5.87. The van der Waals surface area contributed by atoms with Gasteiger partial charge in [0.25, 0.3) is 0 Å². The van der Waals surface area contributed by atoms with E-state index in [0.29, 0.717) is 44.8 Å². The minimum atomic E-state index is -0.231. The average molecular weight is 546 g/mol. The van der Waals surface area contributed by atoms with Crippen molar-refractivity contribution >= 4 is 17.4 Å². The van der Waals surface area contributed by atoms with Gasteiger partial charge in [0.15, 0.2) is 0 Å². The minimum Gasteiger partial charge on any atom is -0.496 e. The second-order valence-electron chi connectivity index (χ2n) is 10.8. The molecule has 40 heavy (non-hydrogen) atoms. The lowest BCUT2D eigenvalue weighted by atomic mass is 10.0. The zero-order valence-corrected chi connectivity index (χ0v) is 23.8. The molecule has 3 aliphatic rings. The fourth-order valence-electron chi connectivity index (χ4n) is 6.18. The Hall–Kier alpha value is -3.84. The number of likely N-dealkylation sites (tertiary alicyclic amines) is 1. The van der Waals surface area contributed by atoms with Crippen LogP contribution >= 0.6 is 0 Å². The number of amides is 1. The standard InChI is InChI=1S/C30H39N7O3/c1-5-28(38)37-17-16-36(18-22(37)11-13-31)29-24-12-15-35(26-9-6-10-27(39-4)21(26)2)19-25(24)32-30(33-29)40-20-23-8-7-14-34(23)3/h5-6,9-10,22-23H,1,7-8,11-12,14-20H2,2-4H3/t22-,23-/m0/s1. The largest absolute Gasteiger partial charge is 0.496 e. The number of ether oxygens (including phenoxy) is 2. The van der Waals surface area contributed by atoms with Crippen LogP contribution < -0.4 is 19.3 Å². The van der Waals surface area contributed by atoms with Crippen molar-refractivity contribution in [1.29, 1.82) is 5.26 Å². The van der Waals surface area contributed by atoms with E-state index in [0.717, 1.165) is 60.0 Å². The highest BCUT2D eigenvalue weighted by Gasteiger charge is 2.33. The minimum absolute atomic E-state index is 0.140. The molecule has 1 aromatic heterocycles. The molecule has 0 unspecified atom stereocenters. The van der Waals surface area contributed by atoms with Gasteiger partial charge in [-0.25, -0.2) is 0 Å². The summed E-state index contributed by atoms with van der Waals surface area (Å²) in [6.07, 6.45) is 4.63. The summed E-state index contributed by atoms with van der Waals surface area (Å²) in [4.78, 5) is 31.0. The van der Waals surface area contributed by atoms with Gasteiger partial charge < -0.3 is 29.1 Å². The number of fused-ring (bicyclic) bond motifs is 1. The predicted octanol–water partition coefficient (Wildman–Crippen LogP) is 2.95. The third-order valence-electron chi connectivity index (χ3n) is 8.48. The number of hydrogen-bond acceptors (Lipinski definition) is 9. The lowest BCUT2D eigenvalue weighted by Crippen LogP contribution is -2.55. The molecular formula is C30H39N7O3. The Balaban J connectivity index is 1.46. The first kappa shape index (κ1) is 27.7. The number of nitriles is 1. The van der Waals surface area contributed by atoms with E-state index in [1.807, 2.05) is 12.1 Å². The molecule has 0 spiro atoms. The van der Waals surface area contributed by atoms with Crippen molar-refractivity contribution in [3.05, 3.63) is 47.7 Å². The van der Waals surface area contributed by atoms with Gasteiger partial charge in [-0.1, -0.05) is 12.6 Å². The number of carbonyl (C=O) groups excluding carboxylic acids is 1. The lowest BCUT2D eigenvalue weighted by Gasteiger charge is -2.42. The first-order valence-electron chi connectivity index (χ1n) is 14.1. The Bertz CT molecular complexity index is 1290. The number of benzene rings is 1. The van der Waals surface area contributed by atoms with Gasteiger partial charge in [-0.2, -0.15) is 15.2 Å². The number of piperazine rings is 1. The van der Waals surface area contributed by atoms with Crippen molar-refractivity contribution < 1.29 is 14.3 Å². The van der Waals surface area contributed by atoms with Gasteiger partial charge in [0.2, 0.25) is 5.91 Å². The van der Waals surface area contributed by atoms with E-state index in [2.05, 4.69) is 47.4 Å². The predicted molar refractivity (Wildman–Crippen MR) is 154 cm³/mol. The van der Waals surface area contributed by atoms with E-state index < -0.39 is 0 Å². The molecule has 1 amide bonds. The number of hydrogen-bond donors (Lipinski definition) is 0. The summed E-state index contributed by atoms with van der Waals surface area (Å²) in [7, 11) is 3.83. The second kappa shape index (κ2) is 12.1. The third-order valence-corrected chi connectivity index (χ3v) is 8.48. The summed E-state index contributed by atoms with van der Waals surface area (Å²) < 4.78 is 11.8. The number of aromatic nitrogens is 2. The molecule has 2 atom stereocenters. The lowest BCUT2D eigenvalue weighted by molar-refractivity contribution is -0.128. The van der Waals surface area contributed by atoms with E-state index in [9.17, 15) is 10.1 Å². The topological polar surface area (TPSA) is 98.1 Å². The van der Waals surface area contributed by atoms with Gasteiger partial charge in [0.1, 0.15) is 18.2 Å². The van der Waals surface area contributed by atoms with E-state index in [4.69, 9.17) is 19.4 Å². The second-order valence-corrected chi connectivity index (χ2v) is 10.8. The SMILES string of the molecule is C=CC(=O)N1CCN(c2nc(OC[C@@H]3CCCN3C)nc3c2CCN(c2cccc(OC)c2C)C3)C[C@@H]1CC#N. The Labute approximate surface area is 236 Å². The van der Waals surface area contributed by atoms with Crippen molar-refractivity contribution in [3.63, 3.8) is 0 Å². The van der Waals surface area contributed by atoms with Crippen LogP contribution in [-0.4, -0.2) is 91.2 Å². The molecule has 0 bridgehead atoms. The maximum Gasteiger partial charge on any atom is 0.318 e. The molecule has 0 radical (unpaired) electrons. The average Bonchev–Trinajstić information content (AvgIpc) is 3.39. The molecule has 2 fully saturated rings. The van der Waals surface area contributed by atoms with Crippen LogP contribution in [0.25, 0.3) is 0 Å². The molecular weight excluding hydrogens is 506 g/mol. The van der Waals surface area contributed by atoms with Crippen molar-refractivity contribution in [3.8, 4) is 17.8 Å². The van der Waals surface area contributed by atoms with Crippen LogP contribution in [0.4, 0.5) is 11.5 Å². The van der Waals surface area contributed by atoms with Gasteiger partial charge in [-0.05, 0) is 58.0 Å². The quantitative estimate of drug-likeness (QED) is 0.464. The molecule has 0 aliphatic carbocycles. The highest BCUT2D eigenvalue weighted by Crippen LogP contribution is 2.35. The molecule has 3 aliphatic heterocycles. The molecule has 4 heterocycles. The van der Waals surface area contributed by atoms with Crippen molar-refractivity contribution in [2.24, 2.45) is 0 Å². The Morgan fingerprint density at radius 1 is 1.20 bits per heavy atom. The number of rotatable bonds is 8. The van der Waals surface area contributed by atoms with E-state index >= 15 is 0 Å². The Morgan fingerprint density at radius 3 is 2.77 bits per heavy atom. The van der Waals surface area contributed by atoms with Crippen LogP contribution in [0, 0.1) is 18.3 Å². The molecule has 212 valence electrons.